The molecule has 0 bridgehead atoms. The third kappa shape index (κ3) is 4.65. The van der Waals surface area contributed by atoms with E-state index in [1.807, 2.05) is 19.1 Å². The molecule has 2 aromatic rings. The average molecular weight is 472 g/mol. The summed E-state index contributed by atoms with van der Waals surface area (Å²) in [6, 6.07) is 7.22. The molecule has 2 rings (SSSR count). The number of ether oxygens (including phenoxy) is 1. The van der Waals surface area contributed by atoms with Crippen LogP contribution in [0.4, 0.5) is 11.5 Å². The Hall–Kier alpha value is -2.30. The van der Waals surface area contributed by atoms with Crippen molar-refractivity contribution in [2.24, 2.45) is 0 Å². The highest BCUT2D eigenvalue weighted by molar-refractivity contribution is 14.1. The summed E-state index contributed by atoms with van der Waals surface area (Å²) in [5.74, 6) is 0.0562. The summed E-state index contributed by atoms with van der Waals surface area (Å²) < 4.78 is 7.76. The van der Waals surface area contributed by atoms with Gasteiger partial charge in [-0.25, -0.2) is 4.79 Å². The number of unbranched alkanes of at least 4 members (excludes halogenated alkanes) is 1. The first-order valence-electron chi connectivity index (χ1n) is 8.12. The van der Waals surface area contributed by atoms with Gasteiger partial charge in [0.15, 0.2) is 12.3 Å². The fourth-order valence-electron chi connectivity index (χ4n) is 2.34. The molecule has 140 valence electrons. The number of H-pyrrole nitrogens is 1. The molecule has 1 aromatic carbocycles. The Balaban J connectivity index is 2.20. The third-order valence-electron chi connectivity index (χ3n) is 3.83. The number of nitrogen functional groups attached to an aromatic ring is 1. The first kappa shape index (κ1) is 20.0. The average Bonchev–Trinajstić information content (AvgIpc) is 2.60. The molecule has 1 amide bonds. The maximum absolute atomic E-state index is 12.4. The fraction of sp³-hybridized carbons (Fsp3) is 0.353. The van der Waals surface area contributed by atoms with E-state index in [0.717, 1.165) is 21.3 Å². The van der Waals surface area contributed by atoms with E-state index in [1.165, 1.54) is 11.6 Å². The molecule has 1 heterocycles. The highest BCUT2D eigenvalue weighted by atomic mass is 127. The zero-order valence-corrected chi connectivity index (χ0v) is 16.8. The number of nitrogens with one attached hydrogen (secondary N) is 1. The molecule has 0 atom stereocenters. The van der Waals surface area contributed by atoms with E-state index in [4.69, 9.17) is 10.5 Å². The van der Waals surface area contributed by atoms with Gasteiger partial charge in [-0.1, -0.05) is 13.3 Å². The lowest BCUT2D eigenvalue weighted by molar-refractivity contribution is -0.120. The van der Waals surface area contributed by atoms with Crippen LogP contribution in [0.1, 0.15) is 19.8 Å². The van der Waals surface area contributed by atoms with Gasteiger partial charge in [-0.3, -0.25) is 19.1 Å². The zero-order valence-electron chi connectivity index (χ0n) is 14.6. The zero-order chi connectivity index (χ0) is 19.3. The number of anilines is 2. The lowest BCUT2D eigenvalue weighted by atomic mass is 10.3. The van der Waals surface area contributed by atoms with Gasteiger partial charge in [-0.15, -0.1) is 0 Å². The van der Waals surface area contributed by atoms with Crippen molar-refractivity contribution in [3.63, 3.8) is 0 Å². The molecule has 0 saturated carbocycles. The Morgan fingerprint density at radius 2 is 1.96 bits per heavy atom. The predicted molar refractivity (Wildman–Crippen MR) is 109 cm³/mol. The lowest BCUT2D eigenvalue weighted by Gasteiger charge is -2.20. The monoisotopic (exact) mass is 472 g/mol. The number of aromatic amines is 1. The van der Waals surface area contributed by atoms with Crippen molar-refractivity contribution in [2.45, 2.75) is 26.3 Å². The second-order valence-electron chi connectivity index (χ2n) is 5.69. The number of hydrogen-bond acceptors (Lipinski definition) is 5. The van der Waals surface area contributed by atoms with E-state index in [1.54, 1.807) is 12.1 Å². The van der Waals surface area contributed by atoms with Crippen molar-refractivity contribution in [1.82, 2.24) is 9.55 Å². The normalized spacial score (nSPS) is 10.6. The summed E-state index contributed by atoms with van der Waals surface area (Å²) in [6.07, 6.45) is 1.59. The molecule has 0 unspecified atom stereocenters. The summed E-state index contributed by atoms with van der Waals surface area (Å²) in [5.41, 5.74) is 4.65. The molecule has 1 aromatic heterocycles. The van der Waals surface area contributed by atoms with Crippen LogP contribution in [0.25, 0.3) is 0 Å². The van der Waals surface area contributed by atoms with Crippen LogP contribution in [-0.4, -0.2) is 29.1 Å². The van der Waals surface area contributed by atoms with E-state index in [9.17, 15) is 14.4 Å². The summed E-state index contributed by atoms with van der Waals surface area (Å²) in [4.78, 5) is 39.8. The third-order valence-corrected chi connectivity index (χ3v) is 4.55. The highest BCUT2D eigenvalue weighted by Gasteiger charge is 2.21. The van der Waals surface area contributed by atoms with Crippen LogP contribution in [-0.2, 0) is 11.3 Å². The van der Waals surface area contributed by atoms with Gasteiger partial charge >= 0.3 is 5.69 Å². The first-order valence-corrected chi connectivity index (χ1v) is 9.20. The number of halogens is 1. The van der Waals surface area contributed by atoms with E-state index in [-0.39, 0.29) is 18.1 Å². The SMILES string of the molecule is CCCCn1c(N)c(N(C)C(=O)COc2ccc(I)cc2)c(=O)[nH]c1=O. The van der Waals surface area contributed by atoms with Crippen LogP contribution in [0.15, 0.2) is 33.9 Å². The van der Waals surface area contributed by atoms with Crippen LogP contribution in [0.5, 0.6) is 5.75 Å². The van der Waals surface area contributed by atoms with Crippen LogP contribution in [0, 0.1) is 3.57 Å². The van der Waals surface area contributed by atoms with E-state index >= 15 is 0 Å². The number of nitrogens with two attached hydrogens (primary N) is 1. The van der Waals surface area contributed by atoms with Crippen molar-refractivity contribution in [3.05, 3.63) is 48.7 Å². The molecule has 0 saturated heterocycles. The smallest absolute Gasteiger partial charge is 0.330 e. The van der Waals surface area contributed by atoms with Gasteiger partial charge in [0.05, 0.1) is 0 Å². The number of nitrogens with zero attached hydrogens (tertiary/aromatic N) is 2. The van der Waals surface area contributed by atoms with E-state index in [2.05, 4.69) is 27.6 Å². The number of benzene rings is 1. The Labute approximate surface area is 164 Å². The minimum absolute atomic E-state index is 0.0303. The minimum Gasteiger partial charge on any atom is -0.484 e. The van der Waals surface area contributed by atoms with Gasteiger partial charge in [0.1, 0.15) is 11.6 Å². The van der Waals surface area contributed by atoms with Crippen LogP contribution in [0.2, 0.25) is 0 Å². The molecule has 0 spiro atoms. The molecule has 0 radical (unpaired) electrons. The molecule has 8 nitrogen and oxygen atoms in total. The minimum atomic E-state index is -0.703. The van der Waals surface area contributed by atoms with Gasteiger partial charge in [0.25, 0.3) is 11.5 Å². The van der Waals surface area contributed by atoms with Crippen LogP contribution < -0.4 is 26.6 Å². The number of likely N-dealkylation sites (N-methyl/N-ethyl adjacent to an activating group) is 1. The van der Waals surface area contributed by atoms with Gasteiger partial charge in [-0.05, 0) is 53.3 Å². The van der Waals surface area contributed by atoms with Gasteiger partial charge in [0.2, 0.25) is 0 Å². The predicted octanol–water partition coefficient (Wildman–Crippen LogP) is 1.57. The molecule has 3 N–H and O–H groups in total. The molecule has 0 aliphatic heterocycles. The number of amides is 1. The molecule has 0 fully saturated rings. The number of hydrogen-bond donors (Lipinski definition) is 2. The van der Waals surface area contributed by atoms with Crippen LogP contribution >= 0.6 is 22.6 Å². The standard InChI is InChI=1S/C17H21IN4O4/c1-3-4-9-22-15(19)14(16(24)20-17(22)25)21(2)13(23)10-26-12-7-5-11(18)6-8-12/h5-8H,3-4,9-10,19H2,1-2H3,(H,20,24,25). The number of carbonyl (C=O) groups is 1. The van der Waals surface area contributed by atoms with E-state index in [0.29, 0.717) is 12.3 Å². The second kappa shape index (κ2) is 8.88. The summed E-state index contributed by atoms with van der Waals surface area (Å²) in [6.45, 7) is 2.08. The lowest BCUT2D eigenvalue weighted by Crippen LogP contribution is -2.40. The van der Waals surface area contributed by atoms with Crippen molar-refractivity contribution in [3.8, 4) is 5.75 Å². The first-order chi connectivity index (χ1) is 12.3. The quantitative estimate of drug-likeness (QED) is 0.595. The van der Waals surface area contributed by atoms with Crippen molar-refractivity contribution in [2.75, 3.05) is 24.3 Å². The highest BCUT2D eigenvalue weighted by Crippen LogP contribution is 2.17. The number of aromatic nitrogens is 2. The Bertz CT molecular complexity index is 889. The molecular formula is C17H21IN4O4. The summed E-state index contributed by atoms with van der Waals surface area (Å²) >= 11 is 2.17. The second-order valence-corrected chi connectivity index (χ2v) is 6.94. The molecule has 9 heteroatoms. The molecular weight excluding hydrogens is 451 g/mol. The maximum atomic E-state index is 12.4. The topological polar surface area (TPSA) is 110 Å². The molecule has 26 heavy (non-hydrogen) atoms. The van der Waals surface area contributed by atoms with Crippen molar-refractivity contribution in [1.29, 1.82) is 0 Å². The fourth-order valence-corrected chi connectivity index (χ4v) is 2.70. The van der Waals surface area contributed by atoms with Gasteiger partial charge in [-0.2, -0.15) is 0 Å². The van der Waals surface area contributed by atoms with Crippen molar-refractivity contribution >= 4 is 40.0 Å². The molecule has 0 aliphatic rings. The van der Waals surface area contributed by atoms with Crippen LogP contribution in [0.3, 0.4) is 0 Å². The van der Waals surface area contributed by atoms with Crippen molar-refractivity contribution < 1.29 is 9.53 Å². The largest absolute Gasteiger partial charge is 0.484 e. The Kier molecular flexibility index (Phi) is 6.83. The maximum Gasteiger partial charge on any atom is 0.330 e. The summed E-state index contributed by atoms with van der Waals surface area (Å²) in [7, 11) is 1.43. The number of rotatable bonds is 7. The Morgan fingerprint density at radius 3 is 2.58 bits per heavy atom. The van der Waals surface area contributed by atoms with E-state index < -0.39 is 17.2 Å². The number of carbonyl (C=O) groups excluding carboxylic acids is 1. The van der Waals surface area contributed by atoms with Gasteiger partial charge in [0, 0.05) is 17.2 Å². The van der Waals surface area contributed by atoms with Gasteiger partial charge < -0.3 is 15.4 Å². The summed E-state index contributed by atoms with van der Waals surface area (Å²) in [5, 5.41) is 0. The Morgan fingerprint density at radius 1 is 1.31 bits per heavy atom. The molecule has 0 aliphatic carbocycles.